The van der Waals surface area contributed by atoms with Crippen LogP contribution in [0.5, 0.6) is 0 Å². The third-order valence-corrected chi connectivity index (χ3v) is 2.14. The minimum Gasteiger partial charge on any atom is -0.478 e. The highest BCUT2D eigenvalue weighted by atomic mass is 35.5. The number of nitrogens with one attached hydrogen (secondary N) is 1. The van der Waals surface area contributed by atoms with Gasteiger partial charge < -0.3 is 15.5 Å². The van der Waals surface area contributed by atoms with Gasteiger partial charge in [-0.15, -0.1) is 0 Å². The maximum Gasteiger partial charge on any atom is 0.416 e. The lowest BCUT2D eigenvalue weighted by Gasteiger charge is -2.16. The normalized spacial score (nSPS) is 13.2. The Kier molecular flexibility index (Phi) is 4.36. The largest absolute Gasteiger partial charge is 0.478 e. The van der Waals surface area contributed by atoms with Crippen LogP contribution < -0.4 is 5.32 Å². The second-order valence-electron chi connectivity index (χ2n) is 3.27. The number of anilines is 1. The first-order chi connectivity index (χ1) is 8.21. The van der Waals surface area contributed by atoms with E-state index in [4.69, 9.17) is 21.8 Å². The van der Waals surface area contributed by atoms with Crippen LogP contribution >= 0.6 is 11.6 Å². The summed E-state index contributed by atoms with van der Waals surface area (Å²) in [7, 11) is 0. The molecule has 0 saturated heterocycles. The van der Waals surface area contributed by atoms with E-state index in [2.05, 4.69) is 10.3 Å². The van der Waals surface area contributed by atoms with E-state index in [0.717, 1.165) is 6.07 Å². The van der Waals surface area contributed by atoms with Gasteiger partial charge in [0.05, 0.1) is 6.54 Å². The maximum absolute atomic E-state index is 12.0. The average molecular weight is 285 g/mol. The van der Waals surface area contributed by atoms with Crippen molar-refractivity contribution in [3.8, 4) is 0 Å². The highest BCUT2D eigenvalue weighted by Gasteiger charge is 2.38. The molecule has 0 fully saturated rings. The van der Waals surface area contributed by atoms with Crippen molar-refractivity contribution < 1.29 is 28.2 Å². The molecule has 0 aliphatic heterocycles. The summed E-state index contributed by atoms with van der Waals surface area (Å²) in [5, 5.41) is 19.5. The molecule has 5 nitrogen and oxygen atoms in total. The molecule has 1 rings (SSSR count). The van der Waals surface area contributed by atoms with Crippen LogP contribution in [0.4, 0.5) is 19.0 Å². The second kappa shape index (κ2) is 5.40. The summed E-state index contributed by atoms with van der Waals surface area (Å²) in [6, 6.07) is 2.29. The van der Waals surface area contributed by atoms with E-state index >= 15 is 0 Å². The predicted molar refractivity (Wildman–Crippen MR) is 56.8 cm³/mol. The SMILES string of the molecule is O=C(O)c1ccc(Cl)nc1NCC(O)C(F)(F)F. The molecule has 18 heavy (non-hydrogen) atoms. The van der Waals surface area contributed by atoms with Crippen LogP contribution in [0.3, 0.4) is 0 Å². The molecule has 0 aliphatic rings. The van der Waals surface area contributed by atoms with E-state index < -0.39 is 24.8 Å². The number of carboxylic acids is 1. The van der Waals surface area contributed by atoms with Crippen molar-refractivity contribution in [1.29, 1.82) is 0 Å². The molecule has 1 aromatic rings. The number of aliphatic hydroxyl groups excluding tert-OH is 1. The number of aromatic carboxylic acids is 1. The summed E-state index contributed by atoms with van der Waals surface area (Å²) in [5.41, 5.74) is -0.339. The second-order valence-corrected chi connectivity index (χ2v) is 3.66. The summed E-state index contributed by atoms with van der Waals surface area (Å²) in [6.07, 6.45) is -7.42. The Bertz CT molecular complexity index is 453. The maximum atomic E-state index is 12.0. The first-order valence-electron chi connectivity index (χ1n) is 4.60. The van der Waals surface area contributed by atoms with E-state index in [1.165, 1.54) is 6.07 Å². The van der Waals surface area contributed by atoms with Crippen molar-refractivity contribution >= 4 is 23.4 Å². The van der Waals surface area contributed by atoms with Crippen LogP contribution in [0.2, 0.25) is 5.15 Å². The molecular formula is C9H8ClF3N2O3. The molecule has 0 amide bonds. The topological polar surface area (TPSA) is 82.5 Å². The van der Waals surface area contributed by atoms with E-state index in [9.17, 15) is 18.0 Å². The zero-order chi connectivity index (χ0) is 13.9. The zero-order valence-corrected chi connectivity index (χ0v) is 9.46. The molecule has 0 bridgehead atoms. The van der Waals surface area contributed by atoms with Crippen LogP contribution in [0.15, 0.2) is 12.1 Å². The van der Waals surface area contributed by atoms with Crippen LogP contribution in [-0.4, -0.2) is 40.0 Å². The van der Waals surface area contributed by atoms with E-state index in [-0.39, 0.29) is 16.5 Å². The molecule has 3 N–H and O–H groups in total. The average Bonchev–Trinajstić information content (AvgIpc) is 2.24. The molecule has 9 heteroatoms. The smallest absolute Gasteiger partial charge is 0.416 e. The first kappa shape index (κ1) is 14.5. The summed E-state index contributed by atoms with van der Waals surface area (Å²) < 4.78 is 36.1. The fraction of sp³-hybridized carbons (Fsp3) is 0.333. The number of aromatic nitrogens is 1. The third-order valence-electron chi connectivity index (χ3n) is 1.93. The van der Waals surface area contributed by atoms with Crippen molar-refractivity contribution in [3.63, 3.8) is 0 Å². The molecular weight excluding hydrogens is 277 g/mol. The van der Waals surface area contributed by atoms with Gasteiger partial charge in [-0.3, -0.25) is 0 Å². The monoisotopic (exact) mass is 284 g/mol. The minimum absolute atomic E-state index is 0.0796. The number of pyridine rings is 1. The number of aliphatic hydroxyl groups is 1. The van der Waals surface area contributed by atoms with Gasteiger partial charge in [-0.2, -0.15) is 13.2 Å². The van der Waals surface area contributed by atoms with Gasteiger partial charge in [0.1, 0.15) is 16.5 Å². The summed E-state index contributed by atoms with van der Waals surface area (Å²) >= 11 is 5.50. The molecule has 1 aromatic heterocycles. The quantitative estimate of drug-likeness (QED) is 0.734. The van der Waals surface area contributed by atoms with Crippen LogP contribution in [0, 0.1) is 0 Å². The molecule has 0 radical (unpaired) electrons. The number of alkyl halides is 3. The van der Waals surface area contributed by atoms with E-state index in [0.29, 0.717) is 0 Å². The van der Waals surface area contributed by atoms with Gasteiger partial charge in [0.2, 0.25) is 0 Å². The number of carboxylic acid groups (broad SMARTS) is 1. The minimum atomic E-state index is -4.80. The number of carbonyl (C=O) groups is 1. The van der Waals surface area contributed by atoms with Crippen molar-refractivity contribution in [2.24, 2.45) is 0 Å². The van der Waals surface area contributed by atoms with E-state index in [1.54, 1.807) is 0 Å². The Balaban J connectivity index is 2.84. The van der Waals surface area contributed by atoms with Gasteiger partial charge in [-0.05, 0) is 12.1 Å². The van der Waals surface area contributed by atoms with Gasteiger partial charge >= 0.3 is 12.1 Å². The molecule has 100 valence electrons. The fourth-order valence-electron chi connectivity index (χ4n) is 1.05. The summed E-state index contributed by atoms with van der Waals surface area (Å²) in [4.78, 5) is 14.3. The van der Waals surface area contributed by atoms with Crippen molar-refractivity contribution in [2.75, 3.05) is 11.9 Å². The molecule has 0 spiro atoms. The number of rotatable bonds is 4. The highest BCUT2D eigenvalue weighted by Crippen LogP contribution is 2.21. The Morgan fingerprint density at radius 1 is 1.50 bits per heavy atom. The fourth-order valence-corrected chi connectivity index (χ4v) is 1.20. The van der Waals surface area contributed by atoms with Crippen LogP contribution in [-0.2, 0) is 0 Å². The molecule has 0 saturated carbocycles. The lowest BCUT2D eigenvalue weighted by atomic mass is 10.2. The van der Waals surface area contributed by atoms with Gasteiger partial charge in [0, 0.05) is 0 Å². The van der Waals surface area contributed by atoms with E-state index in [1.807, 2.05) is 0 Å². The Morgan fingerprint density at radius 3 is 2.61 bits per heavy atom. The van der Waals surface area contributed by atoms with Crippen molar-refractivity contribution in [3.05, 3.63) is 22.8 Å². The van der Waals surface area contributed by atoms with Gasteiger partial charge in [-0.1, -0.05) is 11.6 Å². The number of hydrogen-bond donors (Lipinski definition) is 3. The Hall–Kier alpha value is -1.54. The number of hydrogen-bond acceptors (Lipinski definition) is 4. The Morgan fingerprint density at radius 2 is 2.11 bits per heavy atom. The standard InChI is InChI=1S/C9H8ClF3N2O3/c10-6-2-1-4(8(17)18)7(15-6)14-3-5(16)9(11,12)13/h1-2,5,16H,3H2,(H,14,15)(H,17,18). The van der Waals surface area contributed by atoms with Crippen LogP contribution in [0.25, 0.3) is 0 Å². The zero-order valence-electron chi connectivity index (χ0n) is 8.70. The summed E-state index contributed by atoms with van der Waals surface area (Å²) in [5.74, 6) is -1.71. The number of nitrogens with zero attached hydrogens (tertiary/aromatic N) is 1. The third kappa shape index (κ3) is 3.74. The lowest BCUT2D eigenvalue weighted by Crippen LogP contribution is -2.35. The molecule has 1 heterocycles. The number of halogens is 4. The summed E-state index contributed by atoms with van der Waals surface area (Å²) in [6.45, 7) is -0.920. The van der Waals surface area contributed by atoms with Crippen LogP contribution in [0.1, 0.15) is 10.4 Å². The van der Waals surface area contributed by atoms with Gasteiger partial charge in [0.25, 0.3) is 0 Å². The van der Waals surface area contributed by atoms with Crippen molar-refractivity contribution in [1.82, 2.24) is 4.98 Å². The molecule has 0 aliphatic carbocycles. The Labute approximate surface area is 104 Å². The lowest BCUT2D eigenvalue weighted by molar-refractivity contribution is -0.198. The first-order valence-corrected chi connectivity index (χ1v) is 4.98. The predicted octanol–water partition coefficient (Wildman–Crippen LogP) is 1.77. The molecule has 0 aromatic carbocycles. The molecule has 1 unspecified atom stereocenters. The van der Waals surface area contributed by atoms with Gasteiger partial charge in [-0.25, -0.2) is 9.78 Å². The van der Waals surface area contributed by atoms with Crippen molar-refractivity contribution in [2.45, 2.75) is 12.3 Å². The molecule has 1 atom stereocenters. The highest BCUT2D eigenvalue weighted by molar-refractivity contribution is 6.29. The van der Waals surface area contributed by atoms with Gasteiger partial charge in [0.15, 0.2) is 6.10 Å².